The molecule has 0 aliphatic carbocycles. The molecule has 0 amide bonds. The molecular formula is C18H30O. The third-order valence-corrected chi connectivity index (χ3v) is 3.56. The van der Waals surface area contributed by atoms with Crippen LogP contribution in [0, 0.1) is 0 Å². The number of hydrogen-bond acceptors (Lipinski definition) is 1. The van der Waals surface area contributed by atoms with Crippen molar-refractivity contribution in [2.24, 2.45) is 0 Å². The summed E-state index contributed by atoms with van der Waals surface area (Å²) >= 11 is 0. The van der Waals surface area contributed by atoms with E-state index in [-0.39, 0.29) is 0 Å². The Bertz CT molecular complexity index is 294. The second-order valence-corrected chi connectivity index (χ2v) is 5.40. The fourth-order valence-electron chi connectivity index (χ4n) is 2.36. The van der Waals surface area contributed by atoms with Crippen LogP contribution in [0.1, 0.15) is 71.6 Å². The number of rotatable bonds is 11. The first-order valence-corrected chi connectivity index (χ1v) is 8.08. The highest BCUT2D eigenvalue weighted by molar-refractivity contribution is 5.21. The van der Waals surface area contributed by atoms with Crippen molar-refractivity contribution in [3.63, 3.8) is 0 Å². The summed E-state index contributed by atoms with van der Waals surface area (Å²) in [5, 5.41) is 0. The van der Waals surface area contributed by atoms with Crippen LogP contribution in [0.25, 0.3) is 0 Å². The topological polar surface area (TPSA) is 9.23 Å². The van der Waals surface area contributed by atoms with Crippen molar-refractivity contribution in [3.8, 4) is 5.75 Å². The Balaban J connectivity index is 2.30. The summed E-state index contributed by atoms with van der Waals surface area (Å²) in [7, 11) is 0. The molecule has 1 aromatic carbocycles. The zero-order valence-corrected chi connectivity index (χ0v) is 12.7. The van der Waals surface area contributed by atoms with Crippen LogP contribution in [-0.2, 0) is 0 Å². The third-order valence-electron chi connectivity index (χ3n) is 3.56. The molecule has 1 unspecified atom stereocenters. The van der Waals surface area contributed by atoms with E-state index in [1.807, 2.05) is 18.2 Å². The minimum atomic E-state index is 0.406. The summed E-state index contributed by atoms with van der Waals surface area (Å²) in [6, 6.07) is 10.3. The largest absolute Gasteiger partial charge is 0.490 e. The molecule has 0 aliphatic rings. The molecule has 0 radical (unpaired) electrons. The van der Waals surface area contributed by atoms with Gasteiger partial charge in [0.15, 0.2) is 0 Å². The minimum Gasteiger partial charge on any atom is -0.490 e. The number of ether oxygens (including phenoxy) is 1. The van der Waals surface area contributed by atoms with E-state index in [1.165, 1.54) is 57.8 Å². The highest BCUT2D eigenvalue weighted by Crippen LogP contribution is 2.18. The van der Waals surface area contributed by atoms with Gasteiger partial charge < -0.3 is 4.74 Å². The summed E-state index contributed by atoms with van der Waals surface area (Å²) in [5.74, 6) is 1.03. The molecule has 1 aromatic rings. The van der Waals surface area contributed by atoms with Crippen LogP contribution in [0.4, 0.5) is 0 Å². The first kappa shape index (κ1) is 16.1. The summed E-state index contributed by atoms with van der Waals surface area (Å²) < 4.78 is 6.12. The molecule has 0 N–H and O–H groups in total. The molecule has 1 nitrogen and oxygen atoms in total. The molecule has 108 valence electrons. The zero-order chi connectivity index (χ0) is 13.8. The van der Waals surface area contributed by atoms with Gasteiger partial charge in [-0.05, 0) is 31.4 Å². The summed E-state index contributed by atoms with van der Waals surface area (Å²) in [6.07, 6.45) is 12.1. The Labute approximate surface area is 119 Å². The molecule has 0 saturated carbocycles. The number of unbranched alkanes of at least 4 members (excludes halogenated alkanes) is 5. The van der Waals surface area contributed by atoms with Crippen LogP contribution >= 0.6 is 0 Å². The number of hydrogen-bond donors (Lipinski definition) is 0. The molecular weight excluding hydrogens is 232 g/mol. The van der Waals surface area contributed by atoms with E-state index < -0.39 is 0 Å². The van der Waals surface area contributed by atoms with Gasteiger partial charge in [0.25, 0.3) is 0 Å². The van der Waals surface area contributed by atoms with Crippen LogP contribution in [0.3, 0.4) is 0 Å². The Morgan fingerprint density at radius 1 is 0.789 bits per heavy atom. The van der Waals surface area contributed by atoms with Crippen LogP contribution < -0.4 is 4.74 Å². The van der Waals surface area contributed by atoms with Gasteiger partial charge in [-0.25, -0.2) is 0 Å². The van der Waals surface area contributed by atoms with E-state index in [0.29, 0.717) is 6.10 Å². The molecule has 1 rings (SSSR count). The molecule has 0 bridgehead atoms. The van der Waals surface area contributed by atoms with Gasteiger partial charge in [0.1, 0.15) is 5.75 Å². The molecule has 0 aromatic heterocycles. The molecule has 0 heterocycles. The maximum absolute atomic E-state index is 6.12. The fourth-order valence-corrected chi connectivity index (χ4v) is 2.36. The Hall–Kier alpha value is -0.980. The highest BCUT2D eigenvalue weighted by Gasteiger charge is 2.09. The van der Waals surface area contributed by atoms with E-state index >= 15 is 0 Å². The average molecular weight is 262 g/mol. The molecule has 1 heteroatoms. The Kier molecular flexibility index (Phi) is 9.22. The predicted molar refractivity (Wildman–Crippen MR) is 83.8 cm³/mol. The third kappa shape index (κ3) is 7.92. The normalized spacial score (nSPS) is 12.3. The van der Waals surface area contributed by atoms with Gasteiger partial charge >= 0.3 is 0 Å². The van der Waals surface area contributed by atoms with Crippen molar-refractivity contribution in [3.05, 3.63) is 30.3 Å². The van der Waals surface area contributed by atoms with Crippen LogP contribution in [-0.4, -0.2) is 6.10 Å². The molecule has 0 spiro atoms. The smallest absolute Gasteiger partial charge is 0.119 e. The standard InChI is InChI=1S/C18H30O/c1-3-5-7-8-10-14-17(13-6-4-2)19-18-15-11-9-12-16-18/h9,11-12,15-17H,3-8,10,13-14H2,1-2H3. The van der Waals surface area contributed by atoms with Crippen molar-refractivity contribution in [2.75, 3.05) is 0 Å². The van der Waals surface area contributed by atoms with Crippen molar-refractivity contribution >= 4 is 0 Å². The molecule has 0 fully saturated rings. The first-order chi connectivity index (χ1) is 9.36. The van der Waals surface area contributed by atoms with E-state index in [4.69, 9.17) is 4.74 Å². The lowest BCUT2D eigenvalue weighted by Crippen LogP contribution is -2.16. The second-order valence-electron chi connectivity index (χ2n) is 5.40. The van der Waals surface area contributed by atoms with Crippen LogP contribution in [0.15, 0.2) is 30.3 Å². The summed E-state index contributed by atoms with van der Waals surface area (Å²) in [5.41, 5.74) is 0. The predicted octanol–water partition coefficient (Wildman–Crippen LogP) is 5.98. The van der Waals surface area contributed by atoms with Gasteiger partial charge in [0.05, 0.1) is 6.10 Å². The van der Waals surface area contributed by atoms with Gasteiger partial charge in [-0.2, -0.15) is 0 Å². The van der Waals surface area contributed by atoms with Crippen molar-refractivity contribution in [1.29, 1.82) is 0 Å². The van der Waals surface area contributed by atoms with Crippen molar-refractivity contribution < 1.29 is 4.74 Å². The number of para-hydroxylation sites is 1. The van der Waals surface area contributed by atoms with Crippen molar-refractivity contribution in [1.82, 2.24) is 0 Å². The van der Waals surface area contributed by atoms with Crippen LogP contribution in [0.5, 0.6) is 5.75 Å². The first-order valence-electron chi connectivity index (χ1n) is 8.08. The zero-order valence-electron chi connectivity index (χ0n) is 12.7. The fraction of sp³-hybridized carbons (Fsp3) is 0.667. The maximum atomic E-state index is 6.12. The Morgan fingerprint density at radius 2 is 1.42 bits per heavy atom. The second kappa shape index (κ2) is 10.9. The average Bonchev–Trinajstić information content (AvgIpc) is 2.45. The SMILES string of the molecule is CCCCCCCC(CCCC)Oc1ccccc1. The molecule has 0 aliphatic heterocycles. The van der Waals surface area contributed by atoms with E-state index in [1.54, 1.807) is 0 Å². The van der Waals surface area contributed by atoms with Crippen LogP contribution in [0.2, 0.25) is 0 Å². The number of benzene rings is 1. The minimum absolute atomic E-state index is 0.406. The maximum Gasteiger partial charge on any atom is 0.119 e. The van der Waals surface area contributed by atoms with Gasteiger partial charge in [0, 0.05) is 0 Å². The lowest BCUT2D eigenvalue weighted by atomic mass is 10.0. The van der Waals surface area contributed by atoms with Gasteiger partial charge in [-0.1, -0.05) is 70.6 Å². The van der Waals surface area contributed by atoms with E-state index in [0.717, 1.165) is 5.75 Å². The van der Waals surface area contributed by atoms with Gasteiger partial charge in [-0.3, -0.25) is 0 Å². The summed E-state index contributed by atoms with van der Waals surface area (Å²) in [6.45, 7) is 4.52. The summed E-state index contributed by atoms with van der Waals surface area (Å²) in [4.78, 5) is 0. The van der Waals surface area contributed by atoms with E-state index in [9.17, 15) is 0 Å². The lowest BCUT2D eigenvalue weighted by Gasteiger charge is -2.19. The van der Waals surface area contributed by atoms with Gasteiger partial charge in [0.2, 0.25) is 0 Å². The molecule has 0 saturated heterocycles. The molecule has 1 atom stereocenters. The quantitative estimate of drug-likeness (QED) is 0.445. The monoisotopic (exact) mass is 262 g/mol. The molecule has 19 heavy (non-hydrogen) atoms. The van der Waals surface area contributed by atoms with E-state index in [2.05, 4.69) is 26.0 Å². The van der Waals surface area contributed by atoms with Gasteiger partial charge in [-0.15, -0.1) is 0 Å². The van der Waals surface area contributed by atoms with Crippen molar-refractivity contribution in [2.45, 2.75) is 77.7 Å². The highest BCUT2D eigenvalue weighted by atomic mass is 16.5. The Morgan fingerprint density at radius 3 is 2.11 bits per heavy atom. The lowest BCUT2D eigenvalue weighted by molar-refractivity contribution is 0.173.